The summed E-state index contributed by atoms with van der Waals surface area (Å²) < 4.78 is 6.16. The molecular formula is C22H31N3O2. The Morgan fingerprint density at radius 3 is 2.74 bits per heavy atom. The molecule has 1 spiro atoms. The zero-order valence-electron chi connectivity index (χ0n) is 16.8. The first-order valence-electron chi connectivity index (χ1n) is 10.2. The number of hydrogen-bond acceptors (Lipinski definition) is 4. The molecule has 5 heteroatoms. The van der Waals surface area contributed by atoms with Gasteiger partial charge in [-0.15, -0.1) is 0 Å². The van der Waals surface area contributed by atoms with Crippen molar-refractivity contribution < 1.29 is 9.21 Å². The van der Waals surface area contributed by atoms with Crippen LogP contribution in [0.3, 0.4) is 0 Å². The first-order chi connectivity index (χ1) is 13.0. The van der Waals surface area contributed by atoms with Crippen molar-refractivity contribution in [1.29, 1.82) is 0 Å². The number of likely N-dealkylation sites (tertiary alicyclic amines) is 1. The Labute approximate surface area is 161 Å². The van der Waals surface area contributed by atoms with Crippen LogP contribution in [0.2, 0.25) is 0 Å². The zero-order valence-corrected chi connectivity index (χ0v) is 16.8. The standard InChI is InChI=1S/C22H31N3O2/c1-4-25-12-11-22(10-9-21(25)26)16-24(14-13-23(22)3)15-20-17(2)18-7-5-6-8-19(18)27-20/h5-8H,4,9-16H2,1-3H3/t22-/m0/s1. The van der Waals surface area contributed by atoms with Gasteiger partial charge in [0.25, 0.3) is 0 Å². The summed E-state index contributed by atoms with van der Waals surface area (Å²) in [6, 6.07) is 8.29. The summed E-state index contributed by atoms with van der Waals surface area (Å²) in [5, 5.41) is 1.22. The minimum Gasteiger partial charge on any atom is -0.459 e. The van der Waals surface area contributed by atoms with Crippen molar-refractivity contribution in [2.45, 2.75) is 45.2 Å². The fourth-order valence-corrected chi connectivity index (χ4v) is 4.82. The number of aryl methyl sites for hydroxylation is 1. The lowest BCUT2D eigenvalue weighted by molar-refractivity contribution is -0.130. The maximum atomic E-state index is 12.4. The largest absolute Gasteiger partial charge is 0.459 e. The van der Waals surface area contributed by atoms with Gasteiger partial charge in [0.2, 0.25) is 5.91 Å². The fraction of sp³-hybridized carbons (Fsp3) is 0.591. The quantitative estimate of drug-likeness (QED) is 0.833. The number of piperazine rings is 1. The van der Waals surface area contributed by atoms with Gasteiger partial charge < -0.3 is 9.32 Å². The van der Waals surface area contributed by atoms with Crippen LogP contribution in [0.1, 0.15) is 37.5 Å². The van der Waals surface area contributed by atoms with Gasteiger partial charge in [-0.25, -0.2) is 0 Å². The SMILES string of the molecule is CCN1CC[C@@]2(CCC1=O)CN(Cc1oc3ccccc3c1C)CCN2C. The van der Waals surface area contributed by atoms with Crippen LogP contribution in [-0.4, -0.2) is 65.9 Å². The van der Waals surface area contributed by atoms with E-state index in [-0.39, 0.29) is 5.54 Å². The lowest BCUT2D eigenvalue weighted by atomic mass is 9.86. The fourth-order valence-electron chi connectivity index (χ4n) is 4.82. The van der Waals surface area contributed by atoms with E-state index in [1.807, 2.05) is 17.0 Å². The second-order valence-corrected chi connectivity index (χ2v) is 8.23. The Morgan fingerprint density at radius 2 is 1.96 bits per heavy atom. The lowest BCUT2D eigenvalue weighted by Crippen LogP contribution is -2.60. The number of nitrogens with zero attached hydrogens (tertiary/aromatic N) is 3. The smallest absolute Gasteiger partial charge is 0.222 e. The number of hydrogen-bond donors (Lipinski definition) is 0. The minimum atomic E-state index is 0.0950. The zero-order chi connectivity index (χ0) is 19.0. The molecule has 2 aliphatic rings. The average molecular weight is 370 g/mol. The van der Waals surface area contributed by atoms with E-state index in [1.54, 1.807) is 0 Å². The van der Waals surface area contributed by atoms with Crippen LogP contribution in [0.4, 0.5) is 0 Å². The molecule has 27 heavy (non-hydrogen) atoms. The molecule has 0 aliphatic carbocycles. The van der Waals surface area contributed by atoms with Crippen LogP contribution in [0, 0.1) is 6.92 Å². The number of amides is 1. The number of fused-ring (bicyclic) bond motifs is 1. The number of carbonyl (C=O) groups is 1. The Kier molecular flexibility index (Phi) is 4.99. The third kappa shape index (κ3) is 3.39. The van der Waals surface area contributed by atoms with E-state index >= 15 is 0 Å². The number of carbonyl (C=O) groups excluding carboxylic acids is 1. The van der Waals surface area contributed by atoms with Crippen LogP contribution < -0.4 is 0 Å². The maximum Gasteiger partial charge on any atom is 0.222 e. The summed E-state index contributed by atoms with van der Waals surface area (Å²) in [4.78, 5) is 19.4. The average Bonchev–Trinajstić information content (AvgIpc) is 2.89. The van der Waals surface area contributed by atoms with Crippen molar-refractivity contribution in [1.82, 2.24) is 14.7 Å². The van der Waals surface area contributed by atoms with Gasteiger partial charge in [-0.05, 0) is 45.4 Å². The van der Waals surface area contributed by atoms with Gasteiger partial charge in [0.15, 0.2) is 0 Å². The molecule has 0 N–H and O–H groups in total. The molecule has 4 rings (SSSR count). The second-order valence-electron chi connectivity index (χ2n) is 8.23. The van der Waals surface area contributed by atoms with E-state index in [4.69, 9.17) is 4.42 Å². The molecule has 1 amide bonds. The molecule has 0 unspecified atom stereocenters. The van der Waals surface area contributed by atoms with E-state index in [0.717, 1.165) is 63.5 Å². The molecule has 3 heterocycles. The molecular weight excluding hydrogens is 338 g/mol. The predicted molar refractivity (Wildman–Crippen MR) is 108 cm³/mol. The molecule has 2 aliphatic heterocycles. The summed E-state index contributed by atoms with van der Waals surface area (Å²) in [5.74, 6) is 1.39. The van der Waals surface area contributed by atoms with Crippen molar-refractivity contribution in [3.63, 3.8) is 0 Å². The lowest BCUT2D eigenvalue weighted by Gasteiger charge is -2.49. The van der Waals surface area contributed by atoms with E-state index in [1.165, 1.54) is 10.9 Å². The van der Waals surface area contributed by atoms with E-state index in [2.05, 4.69) is 42.8 Å². The molecule has 0 radical (unpaired) electrons. The molecule has 1 aromatic heterocycles. The number of furan rings is 1. The summed E-state index contributed by atoms with van der Waals surface area (Å²) in [7, 11) is 2.23. The van der Waals surface area contributed by atoms with E-state index in [9.17, 15) is 4.79 Å². The van der Waals surface area contributed by atoms with Gasteiger partial charge in [-0.3, -0.25) is 14.6 Å². The van der Waals surface area contributed by atoms with Crippen LogP contribution in [0.25, 0.3) is 11.0 Å². The Hall–Kier alpha value is -1.85. The molecule has 2 saturated heterocycles. The summed E-state index contributed by atoms with van der Waals surface area (Å²) in [5.41, 5.74) is 2.33. The van der Waals surface area contributed by atoms with Crippen molar-refractivity contribution in [2.75, 3.05) is 39.8 Å². The highest BCUT2D eigenvalue weighted by atomic mass is 16.3. The van der Waals surface area contributed by atoms with Gasteiger partial charge in [-0.1, -0.05) is 18.2 Å². The highest BCUT2D eigenvalue weighted by Crippen LogP contribution is 2.33. The van der Waals surface area contributed by atoms with Gasteiger partial charge in [0, 0.05) is 50.1 Å². The molecule has 2 fully saturated rings. The van der Waals surface area contributed by atoms with Gasteiger partial charge >= 0.3 is 0 Å². The Morgan fingerprint density at radius 1 is 1.15 bits per heavy atom. The molecule has 1 aromatic carbocycles. The monoisotopic (exact) mass is 369 g/mol. The third-order valence-corrected chi connectivity index (χ3v) is 6.77. The molecule has 5 nitrogen and oxygen atoms in total. The maximum absolute atomic E-state index is 12.4. The van der Waals surface area contributed by atoms with Gasteiger partial charge in [-0.2, -0.15) is 0 Å². The number of likely N-dealkylation sites (N-methyl/N-ethyl adjacent to an activating group) is 1. The van der Waals surface area contributed by atoms with Crippen LogP contribution in [0.15, 0.2) is 28.7 Å². The van der Waals surface area contributed by atoms with Crippen molar-refractivity contribution in [2.24, 2.45) is 0 Å². The number of benzene rings is 1. The molecule has 0 bridgehead atoms. The van der Waals surface area contributed by atoms with Crippen LogP contribution >= 0.6 is 0 Å². The Balaban J connectivity index is 1.53. The first kappa shape index (κ1) is 18.5. The van der Waals surface area contributed by atoms with Gasteiger partial charge in [0.05, 0.1) is 6.54 Å². The van der Waals surface area contributed by atoms with Crippen LogP contribution in [0.5, 0.6) is 0 Å². The predicted octanol–water partition coefficient (Wildman–Crippen LogP) is 3.26. The highest BCUT2D eigenvalue weighted by Gasteiger charge is 2.42. The molecule has 2 aromatic rings. The Bertz CT molecular complexity index is 830. The topological polar surface area (TPSA) is 39.9 Å². The molecule has 0 saturated carbocycles. The van der Waals surface area contributed by atoms with Crippen molar-refractivity contribution in [3.05, 3.63) is 35.6 Å². The van der Waals surface area contributed by atoms with E-state index in [0.29, 0.717) is 12.3 Å². The first-order valence-corrected chi connectivity index (χ1v) is 10.2. The number of para-hydroxylation sites is 1. The van der Waals surface area contributed by atoms with Crippen molar-refractivity contribution in [3.8, 4) is 0 Å². The summed E-state index contributed by atoms with van der Waals surface area (Å²) in [6.07, 6.45) is 2.67. The minimum absolute atomic E-state index is 0.0950. The number of rotatable bonds is 3. The third-order valence-electron chi connectivity index (χ3n) is 6.77. The summed E-state index contributed by atoms with van der Waals surface area (Å²) >= 11 is 0. The normalized spacial score (nSPS) is 25.4. The highest BCUT2D eigenvalue weighted by molar-refractivity contribution is 5.81. The van der Waals surface area contributed by atoms with Crippen LogP contribution in [-0.2, 0) is 11.3 Å². The molecule has 146 valence electrons. The van der Waals surface area contributed by atoms with Crippen molar-refractivity contribution >= 4 is 16.9 Å². The molecule has 1 atom stereocenters. The van der Waals surface area contributed by atoms with E-state index < -0.39 is 0 Å². The second kappa shape index (κ2) is 7.28. The summed E-state index contributed by atoms with van der Waals surface area (Å²) in [6.45, 7) is 9.87. The van der Waals surface area contributed by atoms with Gasteiger partial charge in [0.1, 0.15) is 11.3 Å².